The Labute approximate surface area is 126 Å². The molecule has 1 N–H and O–H groups in total. The highest BCUT2D eigenvalue weighted by molar-refractivity contribution is 7.92. The average Bonchev–Trinajstić information content (AvgIpc) is 2.36. The molecule has 0 atom stereocenters. The minimum atomic E-state index is -3.34. The fraction of sp³-hybridized carbons (Fsp3) is 0.538. The molecular weight excluding hydrogens is 312 g/mol. The first kappa shape index (κ1) is 16.3. The van der Waals surface area contributed by atoms with Crippen LogP contribution in [-0.4, -0.2) is 39.7 Å². The molecule has 2 rings (SSSR count). The molecule has 118 valence electrons. The van der Waals surface area contributed by atoms with Crippen LogP contribution in [0.2, 0.25) is 0 Å². The Hall–Kier alpha value is -1.12. The fourth-order valence-corrected chi connectivity index (χ4v) is 4.30. The van der Waals surface area contributed by atoms with Crippen LogP contribution in [0.3, 0.4) is 0 Å². The Bertz CT molecular complexity index is 727. The van der Waals surface area contributed by atoms with Crippen molar-refractivity contribution in [2.24, 2.45) is 0 Å². The minimum Gasteiger partial charge on any atom is -0.284 e. The first-order valence-corrected chi connectivity index (χ1v) is 10.3. The van der Waals surface area contributed by atoms with Crippen LogP contribution in [0.1, 0.15) is 24.5 Å². The fourth-order valence-electron chi connectivity index (χ4n) is 2.38. The van der Waals surface area contributed by atoms with Crippen LogP contribution < -0.4 is 4.72 Å². The number of benzene rings is 1. The molecule has 1 aromatic rings. The van der Waals surface area contributed by atoms with Crippen molar-refractivity contribution >= 4 is 25.7 Å². The van der Waals surface area contributed by atoms with Gasteiger partial charge in [-0.15, -0.1) is 0 Å². The molecule has 0 saturated heterocycles. The number of hydrogen-bond acceptors (Lipinski definition) is 4. The van der Waals surface area contributed by atoms with Gasteiger partial charge >= 0.3 is 0 Å². The van der Waals surface area contributed by atoms with Crippen molar-refractivity contribution in [1.29, 1.82) is 0 Å². The topological polar surface area (TPSA) is 83.6 Å². The first-order valence-electron chi connectivity index (χ1n) is 6.78. The van der Waals surface area contributed by atoms with Gasteiger partial charge in [-0.1, -0.05) is 13.0 Å². The van der Waals surface area contributed by atoms with Crippen molar-refractivity contribution in [3.63, 3.8) is 0 Å². The second kappa shape index (κ2) is 5.94. The molecule has 0 bridgehead atoms. The van der Waals surface area contributed by atoms with Crippen molar-refractivity contribution in [2.45, 2.75) is 26.3 Å². The Balaban J connectivity index is 2.23. The van der Waals surface area contributed by atoms with E-state index in [0.29, 0.717) is 25.1 Å². The summed E-state index contributed by atoms with van der Waals surface area (Å²) in [5.74, 6) is 0.0690. The lowest BCUT2D eigenvalue weighted by atomic mass is 10.0. The third-order valence-electron chi connectivity index (χ3n) is 3.40. The van der Waals surface area contributed by atoms with Gasteiger partial charge in [-0.05, 0) is 36.1 Å². The second-order valence-corrected chi connectivity index (χ2v) is 9.08. The van der Waals surface area contributed by atoms with Gasteiger partial charge in [0.05, 0.1) is 12.0 Å². The summed E-state index contributed by atoms with van der Waals surface area (Å²) >= 11 is 0. The van der Waals surface area contributed by atoms with E-state index >= 15 is 0 Å². The third kappa shape index (κ3) is 4.18. The van der Waals surface area contributed by atoms with Gasteiger partial charge in [-0.3, -0.25) is 4.72 Å². The lowest BCUT2D eigenvalue weighted by molar-refractivity contribution is 0.395. The van der Waals surface area contributed by atoms with Gasteiger partial charge in [0.15, 0.2) is 0 Å². The van der Waals surface area contributed by atoms with Crippen LogP contribution in [0.4, 0.5) is 5.69 Å². The van der Waals surface area contributed by atoms with Crippen LogP contribution >= 0.6 is 0 Å². The van der Waals surface area contributed by atoms with Gasteiger partial charge < -0.3 is 0 Å². The SMILES string of the molecule is CCCS(=O)(=O)Nc1ccc2c(c1)CN(S(C)(=O)=O)CC2. The molecule has 1 aliphatic heterocycles. The van der Waals surface area contributed by atoms with Crippen molar-refractivity contribution in [2.75, 3.05) is 23.3 Å². The van der Waals surface area contributed by atoms with Crippen LogP contribution in [0.5, 0.6) is 0 Å². The van der Waals surface area contributed by atoms with Gasteiger partial charge in [0, 0.05) is 18.8 Å². The number of fused-ring (bicyclic) bond motifs is 1. The van der Waals surface area contributed by atoms with Gasteiger partial charge in [-0.25, -0.2) is 16.8 Å². The predicted octanol–water partition coefficient (Wildman–Crippen LogP) is 1.16. The minimum absolute atomic E-state index is 0.0690. The molecule has 0 radical (unpaired) electrons. The number of rotatable bonds is 5. The highest BCUT2D eigenvalue weighted by Gasteiger charge is 2.23. The molecule has 6 nitrogen and oxygen atoms in total. The van der Waals surface area contributed by atoms with Crippen molar-refractivity contribution in [3.05, 3.63) is 29.3 Å². The monoisotopic (exact) mass is 332 g/mol. The summed E-state index contributed by atoms with van der Waals surface area (Å²) in [6.45, 7) is 2.56. The van der Waals surface area contributed by atoms with Crippen LogP contribution in [-0.2, 0) is 33.0 Å². The van der Waals surface area contributed by atoms with Gasteiger partial charge in [-0.2, -0.15) is 4.31 Å². The summed E-state index contributed by atoms with van der Waals surface area (Å²) in [5.41, 5.74) is 2.40. The van der Waals surface area contributed by atoms with Gasteiger partial charge in [0.1, 0.15) is 0 Å². The summed E-state index contributed by atoms with van der Waals surface area (Å²) in [7, 11) is -6.57. The van der Waals surface area contributed by atoms with E-state index in [-0.39, 0.29) is 12.3 Å². The number of hydrogen-bond donors (Lipinski definition) is 1. The molecule has 8 heteroatoms. The molecule has 1 aromatic carbocycles. The first-order chi connectivity index (χ1) is 9.71. The standard InChI is InChI=1S/C13H20N2O4S2/c1-3-8-21(18,19)14-13-5-4-11-6-7-15(20(2,16)17)10-12(11)9-13/h4-5,9,14H,3,6-8,10H2,1-2H3. The van der Waals surface area contributed by atoms with E-state index in [0.717, 1.165) is 11.1 Å². The van der Waals surface area contributed by atoms with Gasteiger partial charge in [0.2, 0.25) is 20.0 Å². The second-order valence-electron chi connectivity index (χ2n) is 5.25. The summed E-state index contributed by atoms with van der Waals surface area (Å²) in [4.78, 5) is 0. The molecular formula is C13H20N2O4S2. The summed E-state index contributed by atoms with van der Waals surface area (Å²) in [6.07, 6.45) is 2.37. The molecule has 0 spiro atoms. The van der Waals surface area contributed by atoms with Crippen molar-refractivity contribution in [1.82, 2.24) is 4.31 Å². The zero-order chi connectivity index (χ0) is 15.7. The molecule has 0 aromatic heterocycles. The zero-order valence-corrected chi connectivity index (χ0v) is 13.8. The molecule has 0 saturated carbocycles. The number of anilines is 1. The van der Waals surface area contributed by atoms with E-state index in [9.17, 15) is 16.8 Å². The lowest BCUT2D eigenvalue weighted by Gasteiger charge is -2.27. The molecule has 0 unspecified atom stereocenters. The van der Waals surface area contributed by atoms with E-state index < -0.39 is 20.0 Å². The van der Waals surface area contributed by atoms with Crippen LogP contribution in [0.15, 0.2) is 18.2 Å². The van der Waals surface area contributed by atoms with E-state index in [4.69, 9.17) is 0 Å². The number of nitrogens with zero attached hydrogens (tertiary/aromatic N) is 1. The quantitative estimate of drug-likeness (QED) is 0.877. The maximum Gasteiger partial charge on any atom is 0.232 e. The molecule has 1 aliphatic rings. The third-order valence-corrected chi connectivity index (χ3v) is 6.14. The van der Waals surface area contributed by atoms with Crippen LogP contribution in [0, 0.1) is 0 Å². The normalized spacial score (nSPS) is 16.5. The van der Waals surface area contributed by atoms with E-state index in [1.54, 1.807) is 19.1 Å². The maximum absolute atomic E-state index is 11.8. The Morgan fingerprint density at radius 1 is 1.19 bits per heavy atom. The van der Waals surface area contributed by atoms with Crippen molar-refractivity contribution < 1.29 is 16.8 Å². The van der Waals surface area contributed by atoms with Crippen LogP contribution in [0.25, 0.3) is 0 Å². The summed E-state index contributed by atoms with van der Waals surface area (Å²) < 4.78 is 50.7. The number of nitrogens with one attached hydrogen (secondary N) is 1. The zero-order valence-electron chi connectivity index (χ0n) is 12.2. The molecule has 21 heavy (non-hydrogen) atoms. The molecule has 0 amide bonds. The lowest BCUT2D eigenvalue weighted by Crippen LogP contribution is -2.35. The highest BCUT2D eigenvalue weighted by Crippen LogP contribution is 2.24. The summed E-state index contributed by atoms with van der Waals surface area (Å²) in [5, 5.41) is 0. The molecule has 0 aliphatic carbocycles. The van der Waals surface area contributed by atoms with E-state index in [1.807, 2.05) is 6.07 Å². The average molecular weight is 332 g/mol. The van der Waals surface area contributed by atoms with E-state index in [2.05, 4.69) is 4.72 Å². The Morgan fingerprint density at radius 3 is 2.52 bits per heavy atom. The Kier molecular flexibility index (Phi) is 4.60. The summed E-state index contributed by atoms with van der Waals surface area (Å²) in [6, 6.07) is 5.31. The van der Waals surface area contributed by atoms with Crippen molar-refractivity contribution in [3.8, 4) is 0 Å². The maximum atomic E-state index is 11.8. The Morgan fingerprint density at radius 2 is 1.90 bits per heavy atom. The predicted molar refractivity (Wildman–Crippen MR) is 83.1 cm³/mol. The largest absolute Gasteiger partial charge is 0.284 e. The number of sulfonamides is 2. The molecule has 0 fully saturated rings. The smallest absolute Gasteiger partial charge is 0.232 e. The molecule has 1 heterocycles. The highest BCUT2D eigenvalue weighted by atomic mass is 32.2. The van der Waals surface area contributed by atoms with Gasteiger partial charge in [0.25, 0.3) is 0 Å². The van der Waals surface area contributed by atoms with E-state index in [1.165, 1.54) is 10.6 Å².